The highest BCUT2D eigenvalue weighted by Gasteiger charge is 2.36. The van der Waals surface area contributed by atoms with E-state index in [9.17, 15) is 14.7 Å². The molecule has 0 aliphatic carbocycles. The number of anilines is 1. The number of hydrogen-bond donors (Lipinski definition) is 2. The summed E-state index contributed by atoms with van der Waals surface area (Å²) in [6.45, 7) is 5.43. The van der Waals surface area contributed by atoms with Crippen molar-refractivity contribution in [1.29, 1.82) is 0 Å². The van der Waals surface area contributed by atoms with Crippen molar-refractivity contribution in [3.63, 3.8) is 0 Å². The average molecular weight is 345 g/mol. The molecule has 1 aromatic carbocycles. The van der Waals surface area contributed by atoms with Crippen molar-refractivity contribution >= 4 is 17.5 Å². The van der Waals surface area contributed by atoms with Gasteiger partial charge < -0.3 is 20.2 Å². The van der Waals surface area contributed by atoms with Crippen LogP contribution in [-0.4, -0.2) is 65.0 Å². The van der Waals surface area contributed by atoms with Crippen LogP contribution < -0.4 is 5.32 Å². The molecule has 0 saturated carbocycles. The summed E-state index contributed by atoms with van der Waals surface area (Å²) < 4.78 is 0. The Bertz CT molecular complexity index is 633. The van der Waals surface area contributed by atoms with Gasteiger partial charge in [0, 0.05) is 37.8 Å². The standard InChI is InChI=1S/C19H27N3O3/c1-15(23)20-17-6-4-5-16(13-17)18(24)22-11-7-19(25,8-12-22)14-21-9-2-3-10-21/h4-6,13,25H,2-3,7-12,14H2,1H3,(H,20,23). The molecule has 2 amide bonds. The molecular weight excluding hydrogens is 318 g/mol. The molecule has 2 aliphatic rings. The molecule has 3 rings (SSSR count). The van der Waals surface area contributed by atoms with Crippen molar-refractivity contribution in [1.82, 2.24) is 9.80 Å². The second-order valence-electron chi connectivity index (χ2n) is 7.26. The number of piperidine rings is 1. The zero-order chi connectivity index (χ0) is 17.9. The molecule has 2 aliphatic heterocycles. The highest BCUT2D eigenvalue weighted by atomic mass is 16.3. The van der Waals surface area contributed by atoms with Gasteiger partial charge in [0.2, 0.25) is 5.91 Å². The maximum Gasteiger partial charge on any atom is 0.253 e. The predicted octanol–water partition coefficient (Wildman–Crippen LogP) is 1.71. The summed E-state index contributed by atoms with van der Waals surface area (Å²) in [4.78, 5) is 28.0. The van der Waals surface area contributed by atoms with Crippen LogP contribution in [-0.2, 0) is 4.79 Å². The van der Waals surface area contributed by atoms with Crippen LogP contribution in [0.15, 0.2) is 24.3 Å². The summed E-state index contributed by atoms with van der Waals surface area (Å²) in [5, 5.41) is 13.5. The maximum absolute atomic E-state index is 12.7. The fourth-order valence-corrected chi connectivity index (χ4v) is 3.76. The predicted molar refractivity (Wildman–Crippen MR) is 96.5 cm³/mol. The third kappa shape index (κ3) is 4.58. The lowest BCUT2D eigenvalue weighted by Gasteiger charge is -2.40. The van der Waals surface area contributed by atoms with Crippen molar-refractivity contribution in [2.45, 2.75) is 38.2 Å². The van der Waals surface area contributed by atoms with Gasteiger partial charge in [0.1, 0.15) is 0 Å². The van der Waals surface area contributed by atoms with Gasteiger partial charge in [-0.3, -0.25) is 9.59 Å². The number of carbonyl (C=O) groups excluding carboxylic acids is 2. The van der Waals surface area contributed by atoms with Crippen LogP contribution in [0.3, 0.4) is 0 Å². The van der Waals surface area contributed by atoms with E-state index < -0.39 is 5.60 Å². The maximum atomic E-state index is 12.7. The molecule has 2 fully saturated rings. The second kappa shape index (κ2) is 7.54. The fourth-order valence-electron chi connectivity index (χ4n) is 3.76. The minimum absolute atomic E-state index is 0.0459. The Hall–Kier alpha value is -1.92. The van der Waals surface area contributed by atoms with E-state index in [0.29, 0.717) is 43.7 Å². The number of hydrogen-bond acceptors (Lipinski definition) is 4. The van der Waals surface area contributed by atoms with Crippen LogP contribution in [0.1, 0.15) is 43.0 Å². The lowest BCUT2D eigenvalue weighted by molar-refractivity contribution is -0.114. The summed E-state index contributed by atoms with van der Waals surface area (Å²) in [5.41, 5.74) is 0.510. The zero-order valence-corrected chi connectivity index (χ0v) is 14.8. The Kier molecular flexibility index (Phi) is 5.39. The average Bonchev–Trinajstić information content (AvgIpc) is 3.07. The Morgan fingerprint density at radius 3 is 2.48 bits per heavy atom. The van der Waals surface area contributed by atoms with Gasteiger partial charge in [-0.25, -0.2) is 0 Å². The molecule has 0 radical (unpaired) electrons. The molecule has 1 aromatic rings. The summed E-state index contributed by atoms with van der Waals surface area (Å²) >= 11 is 0. The molecule has 136 valence electrons. The van der Waals surface area contributed by atoms with E-state index in [1.165, 1.54) is 19.8 Å². The summed E-state index contributed by atoms with van der Waals surface area (Å²) in [6.07, 6.45) is 3.65. The molecular formula is C19H27N3O3. The number of likely N-dealkylation sites (tertiary alicyclic amines) is 2. The molecule has 2 saturated heterocycles. The van der Waals surface area contributed by atoms with Crippen molar-refractivity contribution in [3.05, 3.63) is 29.8 Å². The van der Waals surface area contributed by atoms with Gasteiger partial charge in [-0.1, -0.05) is 6.07 Å². The number of aliphatic hydroxyl groups is 1. The van der Waals surface area contributed by atoms with Gasteiger partial charge in [0.05, 0.1) is 5.60 Å². The van der Waals surface area contributed by atoms with Gasteiger partial charge in [-0.15, -0.1) is 0 Å². The summed E-state index contributed by atoms with van der Waals surface area (Å²) in [7, 11) is 0. The lowest BCUT2D eigenvalue weighted by atomic mass is 9.90. The van der Waals surface area contributed by atoms with Gasteiger partial charge in [-0.05, 0) is 57.0 Å². The van der Waals surface area contributed by atoms with E-state index in [1.807, 2.05) is 0 Å². The zero-order valence-electron chi connectivity index (χ0n) is 14.8. The fraction of sp³-hybridized carbons (Fsp3) is 0.579. The monoisotopic (exact) mass is 345 g/mol. The number of nitrogens with one attached hydrogen (secondary N) is 1. The molecule has 25 heavy (non-hydrogen) atoms. The summed E-state index contributed by atoms with van der Waals surface area (Å²) in [6, 6.07) is 7.00. The van der Waals surface area contributed by atoms with Gasteiger partial charge in [-0.2, -0.15) is 0 Å². The van der Waals surface area contributed by atoms with Gasteiger partial charge in [0.25, 0.3) is 5.91 Å². The Balaban J connectivity index is 1.58. The van der Waals surface area contributed by atoms with E-state index in [1.54, 1.807) is 29.2 Å². The molecule has 0 bridgehead atoms. The number of carbonyl (C=O) groups is 2. The molecule has 6 nitrogen and oxygen atoms in total. The Morgan fingerprint density at radius 1 is 1.16 bits per heavy atom. The first-order valence-corrected chi connectivity index (χ1v) is 9.07. The van der Waals surface area contributed by atoms with Crippen molar-refractivity contribution in [3.8, 4) is 0 Å². The third-order valence-electron chi connectivity index (χ3n) is 5.13. The van der Waals surface area contributed by atoms with Crippen LogP contribution in [0.4, 0.5) is 5.69 Å². The first-order valence-electron chi connectivity index (χ1n) is 9.07. The number of nitrogens with zero attached hydrogens (tertiary/aromatic N) is 2. The molecule has 0 unspecified atom stereocenters. The second-order valence-corrected chi connectivity index (χ2v) is 7.26. The summed E-state index contributed by atoms with van der Waals surface area (Å²) in [5.74, 6) is -0.204. The van der Waals surface area contributed by atoms with E-state index in [2.05, 4.69) is 10.2 Å². The first kappa shape index (κ1) is 17.9. The normalized spacial score (nSPS) is 20.5. The highest BCUT2D eigenvalue weighted by Crippen LogP contribution is 2.26. The molecule has 2 N–H and O–H groups in total. The van der Waals surface area contributed by atoms with Crippen LogP contribution in [0, 0.1) is 0 Å². The largest absolute Gasteiger partial charge is 0.388 e. The first-order chi connectivity index (χ1) is 12.0. The van der Waals surface area contributed by atoms with E-state index >= 15 is 0 Å². The number of amides is 2. The molecule has 2 heterocycles. The molecule has 0 atom stereocenters. The Labute approximate surface area is 148 Å². The van der Waals surface area contributed by atoms with E-state index in [-0.39, 0.29) is 11.8 Å². The van der Waals surface area contributed by atoms with Crippen molar-refractivity contribution in [2.75, 3.05) is 38.0 Å². The third-order valence-corrected chi connectivity index (χ3v) is 5.13. The number of benzene rings is 1. The smallest absolute Gasteiger partial charge is 0.253 e. The SMILES string of the molecule is CC(=O)Nc1cccc(C(=O)N2CCC(O)(CN3CCCC3)CC2)c1. The Morgan fingerprint density at radius 2 is 1.84 bits per heavy atom. The van der Waals surface area contributed by atoms with Crippen molar-refractivity contribution < 1.29 is 14.7 Å². The minimum Gasteiger partial charge on any atom is -0.388 e. The van der Waals surface area contributed by atoms with Crippen LogP contribution >= 0.6 is 0 Å². The quantitative estimate of drug-likeness (QED) is 0.871. The van der Waals surface area contributed by atoms with Crippen LogP contribution in [0.2, 0.25) is 0 Å². The van der Waals surface area contributed by atoms with Gasteiger partial charge >= 0.3 is 0 Å². The van der Waals surface area contributed by atoms with Crippen molar-refractivity contribution in [2.24, 2.45) is 0 Å². The van der Waals surface area contributed by atoms with E-state index in [4.69, 9.17) is 0 Å². The van der Waals surface area contributed by atoms with Gasteiger partial charge in [0.15, 0.2) is 0 Å². The minimum atomic E-state index is -0.681. The number of rotatable bonds is 4. The lowest BCUT2D eigenvalue weighted by Crippen LogP contribution is -2.51. The van der Waals surface area contributed by atoms with Crippen LogP contribution in [0.25, 0.3) is 0 Å². The molecule has 0 spiro atoms. The number of β-amino-alcohol motifs (C(OH)–C–C–N with tert-alkyl or cyclic N) is 1. The molecule has 0 aromatic heterocycles. The highest BCUT2D eigenvalue weighted by molar-refractivity contribution is 5.96. The molecule has 6 heteroatoms. The van der Waals surface area contributed by atoms with Crippen LogP contribution in [0.5, 0.6) is 0 Å². The van der Waals surface area contributed by atoms with E-state index in [0.717, 1.165) is 13.1 Å². The topological polar surface area (TPSA) is 72.9 Å².